The number of hydrogen-bond acceptors (Lipinski definition) is 2. The minimum atomic E-state index is -0.678. The van der Waals surface area contributed by atoms with Gasteiger partial charge in [-0.25, -0.2) is 4.39 Å². The summed E-state index contributed by atoms with van der Waals surface area (Å²) in [5.74, 6) is -0.499. The van der Waals surface area contributed by atoms with Gasteiger partial charge in [0, 0.05) is 0 Å². The van der Waals surface area contributed by atoms with Gasteiger partial charge in [-0.05, 0) is 40.5 Å². The first kappa shape index (κ1) is 12.0. The summed E-state index contributed by atoms with van der Waals surface area (Å²) in [4.78, 5) is 10.9. The van der Waals surface area contributed by atoms with Crippen molar-refractivity contribution in [1.29, 1.82) is 0 Å². The molecule has 0 radical (unpaired) electrons. The molecule has 15 heavy (non-hydrogen) atoms. The third-order valence-corrected chi connectivity index (χ3v) is 2.47. The van der Waals surface area contributed by atoms with E-state index in [1.165, 1.54) is 18.2 Å². The molecule has 0 bridgehead atoms. The van der Waals surface area contributed by atoms with E-state index in [9.17, 15) is 9.18 Å². The molecule has 2 N–H and O–H groups in total. The van der Waals surface area contributed by atoms with Crippen LogP contribution in [0.1, 0.15) is 13.3 Å². The van der Waals surface area contributed by atoms with Gasteiger partial charge in [-0.3, -0.25) is 4.79 Å². The summed E-state index contributed by atoms with van der Waals surface area (Å²) < 4.78 is 18.5. The molecule has 0 saturated carbocycles. The lowest BCUT2D eigenvalue weighted by molar-refractivity contribution is -0.124. The van der Waals surface area contributed by atoms with Crippen LogP contribution >= 0.6 is 15.9 Å². The highest BCUT2D eigenvalue weighted by Crippen LogP contribution is 2.22. The van der Waals surface area contributed by atoms with Gasteiger partial charge in [-0.15, -0.1) is 0 Å². The van der Waals surface area contributed by atoms with Gasteiger partial charge >= 0.3 is 0 Å². The van der Waals surface area contributed by atoms with E-state index in [2.05, 4.69) is 15.9 Å². The maximum atomic E-state index is 12.9. The summed E-state index contributed by atoms with van der Waals surface area (Å²) in [7, 11) is 0. The summed E-state index contributed by atoms with van der Waals surface area (Å²) >= 11 is 3.02. The van der Waals surface area contributed by atoms with E-state index < -0.39 is 12.0 Å². The summed E-state index contributed by atoms with van der Waals surface area (Å²) in [5, 5.41) is 0. The Morgan fingerprint density at radius 3 is 2.80 bits per heavy atom. The van der Waals surface area contributed by atoms with E-state index >= 15 is 0 Å². The van der Waals surface area contributed by atoms with Crippen molar-refractivity contribution in [2.24, 2.45) is 5.73 Å². The average Bonchev–Trinajstić information content (AvgIpc) is 2.19. The van der Waals surface area contributed by atoms with Crippen molar-refractivity contribution in [3.8, 4) is 5.75 Å². The van der Waals surface area contributed by atoms with Crippen molar-refractivity contribution in [3.63, 3.8) is 0 Å². The third kappa shape index (κ3) is 3.20. The highest BCUT2D eigenvalue weighted by molar-refractivity contribution is 9.10. The van der Waals surface area contributed by atoms with Gasteiger partial charge in [0.05, 0.1) is 4.47 Å². The van der Waals surface area contributed by atoms with Crippen molar-refractivity contribution in [2.75, 3.05) is 0 Å². The minimum absolute atomic E-state index is 0.291. The van der Waals surface area contributed by atoms with Gasteiger partial charge in [-0.1, -0.05) is 6.92 Å². The number of amides is 1. The molecule has 1 rings (SSSR count). The van der Waals surface area contributed by atoms with Crippen LogP contribution in [-0.4, -0.2) is 12.0 Å². The number of carbonyl (C=O) groups is 1. The Morgan fingerprint density at radius 1 is 1.67 bits per heavy atom. The zero-order valence-electron chi connectivity index (χ0n) is 8.17. The van der Waals surface area contributed by atoms with E-state index in [0.29, 0.717) is 16.6 Å². The largest absolute Gasteiger partial charge is 0.481 e. The molecule has 0 saturated heterocycles. The van der Waals surface area contributed by atoms with E-state index in [0.717, 1.165) is 0 Å². The van der Waals surface area contributed by atoms with Gasteiger partial charge < -0.3 is 10.5 Å². The van der Waals surface area contributed by atoms with Gasteiger partial charge in [0.1, 0.15) is 11.6 Å². The Morgan fingerprint density at radius 2 is 2.33 bits per heavy atom. The number of ether oxygens (including phenoxy) is 1. The molecule has 0 fully saturated rings. The highest BCUT2D eigenvalue weighted by Gasteiger charge is 2.14. The molecule has 1 aromatic rings. The maximum Gasteiger partial charge on any atom is 0.258 e. The molecule has 1 atom stereocenters. The summed E-state index contributed by atoms with van der Waals surface area (Å²) in [6, 6.07) is 4.17. The molecular weight excluding hydrogens is 265 g/mol. The third-order valence-electron chi connectivity index (χ3n) is 1.86. The molecule has 0 aliphatic heterocycles. The predicted octanol–water partition coefficient (Wildman–Crippen LogP) is 2.23. The molecule has 0 spiro atoms. The summed E-state index contributed by atoms with van der Waals surface area (Å²) in [6.07, 6.45) is -0.202. The second-order valence-corrected chi connectivity index (χ2v) is 3.85. The van der Waals surface area contributed by atoms with Gasteiger partial charge in [0.25, 0.3) is 5.91 Å². The fourth-order valence-electron chi connectivity index (χ4n) is 1.06. The van der Waals surface area contributed by atoms with Crippen LogP contribution in [-0.2, 0) is 4.79 Å². The summed E-state index contributed by atoms with van der Waals surface area (Å²) in [5.41, 5.74) is 5.11. The Labute approximate surface area is 95.5 Å². The van der Waals surface area contributed by atoms with E-state index in [-0.39, 0.29) is 5.82 Å². The number of nitrogens with two attached hydrogens (primary N) is 1. The Kier molecular flexibility index (Phi) is 4.08. The van der Waals surface area contributed by atoms with E-state index in [4.69, 9.17) is 10.5 Å². The van der Waals surface area contributed by atoms with Crippen molar-refractivity contribution in [3.05, 3.63) is 28.5 Å². The molecule has 1 amide bonds. The van der Waals surface area contributed by atoms with Crippen LogP contribution in [0, 0.1) is 5.82 Å². The zero-order valence-corrected chi connectivity index (χ0v) is 9.75. The lowest BCUT2D eigenvalue weighted by atomic mass is 10.2. The van der Waals surface area contributed by atoms with Crippen LogP contribution in [0.2, 0.25) is 0 Å². The van der Waals surface area contributed by atoms with Gasteiger partial charge in [-0.2, -0.15) is 0 Å². The van der Waals surface area contributed by atoms with Gasteiger partial charge in [0.2, 0.25) is 0 Å². The smallest absolute Gasteiger partial charge is 0.258 e. The minimum Gasteiger partial charge on any atom is -0.481 e. The monoisotopic (exact) mass is 275 g/mol. The second kappa shape index (κ2) is 5.11. The molecule has 82 valence electrons. The lowest BCUT2D eigenvalue weighted by Crippen LogP contribution is -2.32. The fraction of sp³-hybridized carbons (Fsp3) is 0.300. The predicted molar refractivity (Wildman–Crippen MR) is 58.0 cm³/mol. The molecule has 0 aliphatic carbocycles. The maximum absolute atomic E-state index is 12.9. The molecule has 3 nitrogen and oxygen atoms in total. The molecule has 0 aliphatic rings. The SMILES string of the molecule is CCC(Oc1ccc(F)c(Br)c1)C(N)=O. The number of hydrogen-bond donors (Lipinski definition) is 1. The number of carbonyl (C=O) groups excluding carboxylic acids is 1. The molecule has 0 aromatic heterocycles. The Balaban J connectivity index is 2.80. The molecule has 1 unspecified atom stereocenters. The topological polar surface area (TPSA) is 52.3 Å². The molecule has 5 heteroatoms. The zero-order chi connectivity index (χ0) is 11.4. The van der Waals surface area contributed by atoms with Gasteiger partial charge in [0.15, 0.2) is 6.10 Å². The first-order valence-electron chi connectivity index (χ1n) is 4.45. The van der Waals surface area contributed by atoms with Crippen LogP contribution in [0.3, 0.4) is 0 Å². The van der Waals surface area contributed by atoms with Crippen LogP contribution in [0.25, 0.3) is 0 Å². The molecule has 0 heterocycles. The first-order valence-corrected chi connectivity index (χ1v) is 5.25. The number of rotatable bonds is 4. The number of benzene rings is 1. The number of primary amides is 1. The van der Waals surface area contributed by atoms with Crippen LogP contribution in [0.4, 0.5) is 4.39 Å². The van der Waals surface area contributed by atoms with E-state index in [1.807, 2.05) is 0 Å². The van der Waals surface area contributed by atoms with Crippen molar-refractivity contribution in [1.82, 2.24) is 0 Å². The second-order valence-electron chi connectivity index (χ2n) is 2.99. The van der Waals surface area contributed by atoms with Crippen LogP contribution in [0.5, 0.6) is 5.75 Å². The van der Waals surface area contributed by atoms with Crippen LogP contribution < -0.4 is 10.5 Å². The average molecular weight is 276 g/mol. The van der Waals surface area contributed by atoms with Crippen molar-refractivity contribution < 1.29 is 13.9 Å². The summed E-state index contributed by atoms with van der Waals surface area (Å²) in [6.45, 7) is 1.79. The lowest BCUT2D eigenvalue weighted by Gasteiger charge is -2.14. The highest BCUT2D eigenvalue weighted by atomic mass is 79.9. The van der Waals surface area contributed by atoms with E-state index in [1.54, 1.807) is 6.92 Å². The number of halogens is 2. The molecule has 1 aromatic carbocycles. The quantitative estimate of drug-likeness (QED) is 0.916. The fourth-order valence-corrected chi connectivity index (χ4v) is 1.41. The normalized spacial score (nSPS) is 12.2. The first-order chi connectivity index (χ1) is 7.04. The standard InChI is InChI=1S/C10H11BrFNO2/c1-2-9(10(13)14)15-6-3-4-8(12)7(11)5-6/h3-5,9H,2H2,1H3,(H2,13,14). The Hall–Kier alpha value is -1.10. The van der Waals surface area contributed by atoms with Crippen molar-refractivity contribution >= 4 is 21.8 Å². The Bertz CT molecular complexity index is 370. The molecular formula is C10H11BrFNO2. The van der Waals surface area contributed by atoms with Crippen LogP contribution in [0.15, 0.2) is 22.7 Å². The van der Waals surface area contributed by atoms with Crippen molar-refractivity contribution in [2.45, 2.75) is 19.4 Å².